The Morgan fingerprint density at radius 3 is 2.59 bits per heavy atom. The molecule has 0 N–H and O–H groups in total. The molecule has 0 unspecified atom stereocenters. The first kappa shape index (κ1) is 21.7. The highest BCUT2D eigenvalue weighted by Crippen LogP contribution is 2.35. The van der Waals surface area contributed by atoms with Crippen molar-refractivity contribution in [3.8, 4) is 5.69 Å². The first-order valence-corrected chi connectivity index (χ1v) is 13.0. The average Bonchev–Trinajstić information content (AvgIpc) is 3.20. The van der Waals surface area contributed by atoms with Crippen molar-refractivity contribution >= 4 is 28.9 Å². The Balaban J connectivity index is 1.52. The van der Waals surface area contributed by atoms with E-state index in [4.69, 9.17) is 17.3 Å². The number of hydrogen-bond acceptors (Lipinski definition) is 4. The zero-order valence-electron chi connectivity index (χ0n) is 19.7. The minimum Gasteiger partial charge on any atom is -0.281 e. The van der Waals surface area contributed by atoms with Gasteiger partial charge in [0.25, 0.3) is 5.56 Å². The third-order valence-corrected chi connectivity index (χ3v) is 8.27. The van der Waals surface area contributed by atoms with E-state index in [0.29, 0.717) is 28.6 Å². The average molecular weight is 474 g/mol. The van der Waals surface area contributed by atoms with Gasteiger partial charge in [-0.2, -0.15) is 0 Å². The van der Waals surface area contributed by atoms with Crippen molar-refractivity contribution in [3.05, 3.63) is 69.2 Å². The van der Waals surface area contributed by atoms with E-state index in [0.717, 1.165) is 30.1 Å². The number of nitrogens with zero attached hydrogens (tertiary/aromatic N) is 5. The second-order valence-corrected chi connectivity index (χ2v) is 10.2. The summed E-state index contributed by atoms with van der Waals surface area (Å²) in [6, 6.07) is 16.5. The lowest BCUT2D eigenvalue weighted by molar-refractivity contribution is 0.0325. The van der Waals surface area contributed by atoms with Crippen molar-refractivity contribution in [3.63, 3.8) is 0 Å². The van der Waals surface area contributed by atoms with Crippen molar-refractivity contribution in [1.82, 2.24) is 23.6 Å². The molecular formula is C27H31N5OS. The van der Waals surface area contributed by atoms with Gasteiger partial charge in [0.05, 0.1) is 23.3 Å². The maximum absolute atomic E-state index is 13.7. The number of fused-ring (bicyclic) bond motifs is 4. The Kier molecular flexibility index (Phi) is 5.62. The Labute approximate surface area is 204 Å². The Bertz CT molecular complexity index is 1460. The number of benzene rings is 2. The largest absolute Gasteiger partial charge is 0.281 e. The molecule has 0 amide bonds. The summed E-state index contributed by atoms with van der Waals surface area (Å²) < 4.78 is 6.27. The van der Waals surface area contributed by atoms with Crippen molar-refractivity contribution in [1.29, 1.82) is 0 Å². The fourth-order valence-corrected chi connectivity index (χ4v) is 6.37. The SMILES string of the molecule is CCc1ccc(-n2c(=O)c3ccccc3n3c(=S)n(CN4CCC[C@@H]5CCCC[C@H]54)nc23)cc1. The smallest absolute Gasteiger partial charge is 0.267 e. The molecule has 0 radical (unpaired) electrons. The minimum atomic E-state index is -0.0650. The van der Waals surface area contributed by atoms with Crippen LogP contribution < -0.4 is 5.56 Å². The molecule has 2 atom stereocenters. The first-order chi connectivity index (χ1) is 16.7. The number of likely N-dealkylation sites (tertiary alicyclic amines) is 1. The van der Waals surface area contributed by atoms with Gasteiger partial charge in [0, 0.05) is 12.6 Å². The van der Waals surface area contributed by atoms with Crippen LogP contribution in [0.2, 0.25) is 0 Å². The lowest BCUT2D eigenvalue weighted by Crippen LogP contribution is -2.47. The Hall–Kier alpha value is -2.77. The highest BCUT2D eigenvalue weighted by Gasteiger charge is 2.33. The highest BCUT2D eigenvalue weighted by atomic mass is 32.1. The van der Waals surface area contributed by atoms with E-state index in [-0.39, 0.29) is 5.56 Å². The van der Waals surface area contributed by atoms with Crippen molar-refractivity contribution in [2.75, 3.05) is 6.54 Å². The standard InChI is InChI=1S/C27H31N5OS/c1-2-19-13-15-21(16-14-19)31-25(33)22-10-4-6-12-24(22)32-26(31)28-30(27(32)34)18-29-17-7-9-20-8-3-5-11-23(20)29/h4,6,10,12-16,20,23H,2-3,5,7-9,11,17-18H2,1H3/t20-,23+/m0/s1. The molecule has 1 aliphatic heterocycles. The van der Waals surface area contributed by atoms with E-state index in [9.17, 15) is 4.79 Å². The quantitative estimate of drug-likeness (QED) is 0.375. The third-order valence-electron chi connectivity index (χ3n) is 7.88. The molecule has 2 fully saturated rings. The van der Waals surface area contributed by atoms with Crippen molar-refractivity contribution < 1.29 is 0 Å². The van der Waals surface area contributed by atoms with Gasteiger partial charge in [0.1, 0.15) is 0 Å². The number of piperidine rings is 1. The molecule has 176 valence electrons. The molecule has 1 saturated carbocycles. The monoisotopic (exact) mass is 473 g/mol. The zero-order chi connectivity index (χ0) is 23.2. The fourth-order valence-electron chi connectivity index (χ4n) is 6.09. The molecular weight excluding hydrogens is 442 g/mol. The Morgan fingerprint density at radius 1 is 1.00 bits per heavy atom. The van der Waals surface area contributed by atoms with Gasteiger partial charge >= 0.3 is 0 Å². The van der Waals surface area contributed by atoms with Gasteiger partial charge < -0.3 is 0 Å². The second-order valence-electron chi connectivity index (χ2n) is 9.80. The van der Waals surface area contributed by atoms with Crippen LogP contribution in [-0.4, -0.2) is 36.2 Å². The maximum Gasteiger partial charge on any atom is 0.267 e. The lowest BCUT2D eigenvalue weighted by Gasteiger charge is -2.43. The second kappa shape index (κ2) is 8.78. The summed E-state index contributed by atoms with van der Waals surface area (Å²) in [5.74, 6) is 1.37. The van der Waals surface area contributed by atoms with Gasteiger partial charge in [-0.15, -0.1) is 5.10 Å². The van der Waals surface area contributed by atoms with Crippen molar-refractivity contribution in [2.45, 2.75) is 64.6 Å². The molecule has 2 aliphatic rings. The topological polar surface area (TPSA) is 47.5 Å². The van der Waals surface area contributed by atoms with Gasteiger partial charge in [0.15, 0.2) is 0 Å². The van der Waals surface area contributed by atoms with E-state index < -0.39 is 0 Å². The summed E-state index contributed by atoms with van der Waals surface area (Å²) in [7, 11) is 0. The first-order valence-electron chi connectivity index (χ1n) is 12.6. The summed E-state index contributed by atoms with van der Waals surface area (Å²) >= 11 is 5.98. The van der Waals surface area contributed by atoms with E-state index in [1.54, 1.807) is 4.57 Å². The molecule has 3 heterocycles. The van der Waals surface area contributed by atoms with Crippen LogP contribution in [0.4, 0.5) is 0 Å². The number of aromatic nitrogens is 4. The molecule has 2 aromatic carbocycles. The van der Waals surface area contributed by atoms with Crippen LogP contribution in [0, 0.1) is 10.7 Å². The van der Waals surface area contributed by atoms with Crippen LogP contribution in [0.3, 0.4) is 0 Å². The predicted octanol–water partition coefficient (Wildman–Crippen LogP) is 5.34. The van der Waals surface area contributed by atoms with Crippen molar-refractivity contribution in [2.24, 2.45) is 5.92 Å². The summed E-state index contributed by atoms with van der Waals surface area (Å²) in [4.78, 5) is 16.2. The maximum atomic E-state index is 13.7. The molecule has 7 heteroatoms. The zero-order valence-corrected chi connectivity index (χ0v) is 20.5. The predicted molar refractivity (Wildman–Crippen MR) is 138 cm³/mol. The van der Waals surface area contributed by atoms with Crippen LogP contribution in [0.5, 0.6) is 0 Å². The van der Waals surface area contributed by atoms with E-state index in [1.165, 1.54) is 44.1 Å². The fraction of sp³-hybridized carbons (Fsp3) is 0.444. The van der Waals surface area contributed by atoms with E-state index >= 15 is 0 Å². The number of rotatable bonds is 4. The van der Waals surface area contributed by atoms with Gasteiger partial charge in [0.2, 0.25) is 10.5 Å². The molecule has 0 bridgehead atoms. The highest BCUT2D eigenvalue weighted by molar-refractivity contribution is 7.71. The number of hydrogen-bond donors (Lipinski definition) is 0. The summed E-state index contributed by atoms with van der Waals surface area (Å²) in [6.07, 6.45) is 8.82. The van der Waals surface area contributed by atoms with Crippen LogP contribution >= 0.6 is 12.2 Å². The van der Waals surface area contributed by atoms with Gasteiger partial charge in [-0.25, -0.2) is 9.25 Å². The normalized spacial score (nSPS) is 21.2. The summed E-state index contributed by atoms with van der Waals surface area (Å²) in [5, 5.41) is 5.62. The van der Waals surface area contributed by atoms with Gasteiger partial charge in [-0.3, -0.25) is 14.1 Å². The molecule has 6 rings (SSSR count). The lowest BCUT2D eigenvalue weighted by atomic mass is 9.78. The molecule has 1 aliphatic carbocycles. The van der Waals surface area contributed by atoms with E-state index in [2.05, 4.69) is 24.0 Å². The van der Waals surface area contributed by atoms with Gasteiger partial charge in [-0.1, -0.05) is 44.0 Å². The Morgan fingerprint density at radius 2 is 1.76 bits per heavy atom. The van der Waals surface area contributed by atoms with Gasteiger partial charge in [-0.05, 0) is 80.1 Å². The molecule has 34 heavy (non-hydrogen) atoms. The summed E-state index contributed by atoms with van der Waals surface area (Å²) in [6.45, 7) is 3.90. The molecule has 4 aromatic rings. The summed E-state index contributed by atoms with van der Waals surface area (Å²) in [5.41, 5.74) is 2.80. The third kappa shape index (κ3) is 3.53. The molecule has 2 aromatic heterocycles. The number of aryl methyl sites for hydroxylation is 1. The van der Waals surface area contributed by atoms with Crippen LogP contribution in [-0.2, 0) is 13.1 Å². The van der Waals surface area contributed by atoms with Crippen LogP contribution in [0.1, 0.15) is 51.0 Å². The van der Waals surface area contributed by atoms with Crippen LogP contribution in [0.15, 0.2) is 53.3 Å². The molecule has 6 nitrogen and oxygen atoms in total. The number of para-hydroxylation sites is 1. The molecule has 0 spiro atoms. The minimum absolute atomic E-state index is 0.0650. The molecule has 1 saturated heterocycles. The van der Waals surface area contributed by atoms with Crippen LogP contribution in [0.25, 0.3) is 22.4 Å². The van der Waals surface area contributed by atoms with E-state index in [1.807, 2.05) is 45.5 Å².